The number of aromatic nitrogens is 4. The van der Waals surface area contributed by atoms with Crippen LogP contribution in [0.2, 0.25) is 0 Å². The lowest BCUT2D eigenvalue weighted by Gasteiger charge is -2.11. The molecule has 0 atom stereocenters. The van der Waals surface area contributed by atoms with E-state index >= 15 is 0 Å². The second kappa shape index (κ2) is 9.79. The van der Waals surface area contributed by atoms with Gasteiger partial charge in [-0.3, -0.25) is 4.98 Å². The van der Waals surface area contributed by atoms with Crippen molar-refractivity contribution in [2.24, 2.45) is 0 Å². The summed E-state index contributed by atoms with van der Waals surface area (Å²) >= 11 is 0. The maximum absolute atomic E-state index is 5.15. The average Bonchev–Trinajstić information content (AvgIpc) is 3.10. The number of hydrogen-bond donors (Lipinski definition) is 0. The fourth-order valence-corrected chi connectivity index (χ4v) is 6.22. The molecular weight excluding hydrogens is 536 g/mol. The molecule has 4 heteroatoms. The first-order valence-corrected chi connectivity index (χ1v) is 14.7. The Balaban J connectivity index is 1.13. The third-order valence-electron chi connectivity index (χ3n) is 8.44. The van der Waals surface area contributed by atoms with Crippen molar-refractivity contribution in [3.63, 3.8) is 0 Å². The third kappa shape index (κ3) is 4.08. The molecule has 9 aromatic rings. The van der Waals surface area contributed by atoms with E-state index < -0.39 is 0 Å². The van der Waals surface area contributed by atoms with E-state index in [1.54, 1.807) is 0 Å². The first kappa shape index (κ1) is 24.6. The molecule has 0 N–H and O–H groups in total. The van der Waals surface area contributed by atoms with Gasteiger partial charge < -0.3 is 0 Å². The first-order chi connectivity index (χ1) is 21.8. The summed E-state index contributed by atoms with van der Waals surface area (Å²) in [7, 11) is 0. The molecule has 4 nitrogen and oxygen atoms in total. The van der Waals surface area contributed by atoms with Gasteiger partial charge in [0.2, 0.25) is 0 Å². The SMILES string of the molecule is c1ccc(-c2cc3cccnc3c3nc(-c4ccc5cc(-c6ccc7cc8ccccc8cc7n6)ccc5n4)ccc23)cc1. The smallest absolute Gasteiger partial charge is 0.0979 e. The first-order valence-electron chi connectivity index (χ1n) is 14.7. The zero-order chi connectivity index (χ0) is 29.0. The normalized spacial score (nSPS) is 11.6. The molecule has 204 valence electrons. The largest absolute Gasteiger partial charge is 0.254 e. The van der Waals surface area contributed by atoms with E-state index in [1.165, 1.54) is 10.8 Å². The molecular formula is C40H24N4. The number of hydrogen-bond acceptors (Lipinski definition) is 4. The van der Waals surface area contributed by atoms with E-state index in [-0.39, 0.29) is 0 Å². The summed E-state index contributed by atoms with van der Waals surface area (Å²) in [6.45, 7) is 0. The zero-order valence-corrected chi connectivity index (χ0v) is 23.6. The minimum absolute atomic E-state index is 0.823. The Morgan fingerprint density at radius 3 is 1.95 bits per heavy atom. The predicted molar refractivity (Wildman–Crippen MR) is 181 cm³/mol. The Bertz CT molecular complexity index is 2560. The molecule has 0 saturated carbocycles. The van der Waals surface area contributed by atoms with Crippen molar-refractivity contribution in [1.82, 2.24) is 19.9 Å². The van der Waals surface area contributed by atoms with Crippen LogP contribution in [0.1, 0.15) is 0 Å². The van der Waals surface area contributed by atoms with Gasteiger partial charge in [0.25, 0.3) is 0 Å². The van der Waals surface area contributed by atoms with Crippen LogP contribution >= 0.6 is 0 Å². The van der Waals surface area contributed by atoms with Crippen LogP contribution in [0.4, 0.5) is 0 Å². The van der Waals surface area contributed by atoms with E-state index in [9.17, 15) is 0 Å². The lowest BCUT2D eigenvalue weighted by molar-refractivity contribution is 1.31. The summed E-state index contributed by atoms with van der Waals surface area (Å²) < 4.78 is 0. The second-order valence-corrected chi connectivity index (χ2v) is 11.2. The fraction of sp³-hybridized carbons (Fsp3) is 0. The summed E-state index contributed by atoms with van der Waals surface area (Å²) in [5.74, 6) is 0. The maximum Gasteiger partial charge on any atom is 0.0979 e. The molecule has 0 unspecified atom stereocenters. The Labute approximate surface area is 253 Å². The summed E-state index contributed by atoms with van der Waals surface area (Å²) in [6.07, 6.45) is 1.83. The van der Waals surface area contributed by atoms with Gasteiger partial charge in [-0.2, -0.15) is 0 Å². The lowest BCUT2D eigenvalue weighted by Crippen LogP contribution is -1.93. The Kier molecular flexibility index (Phi) is 5.47. The molecule has 0 bridgehead atoms. The Morgan fingerprint density at radius 1 is 0.364 bits per heavy atom. The highest BCUT2D eigenvalue weighted by molar-refractivity contribution is 6.10. The van der Waals surface area contributed by atoms with E-state index in [4.69, 9.17) is 19.9 Å². The van der Waals surface area contributed by atoms with Gasteiger partial charge in [0, 0.05) is 33.3 Å². The van der Waals surface area contributed by atoms with Crippen LogP contribution in [-0.4, -0.2) is 19.9 Å². The van der Waals surface area contributed by atoms with Gasteiger partial charge >= 0.3 is 0 Å². The van der Waals surface area contributed by atoms with Gasteiger partial charge in [-0.25, -0.2) is 15.0 Å². The van der Waals surface area contributed by atoms with E-state index in [0.29, 0.717) is 0 Å². The molecule has 0 spiro atoms. The molecule has 4 heterocycles. The molecule has 0 radical (unpaired) electrons. The van der Waals surface area contributed by atoms with Crippen LogP contribution in [0.5, 0.6) is 0 Å². The van der Waals surface area contributed by atoms with Gasteiger partial charge in [-0.1, -0.05) is 78.9 Å². The highest BCUT2D eigenvalue weighted by Gasteiger charge is 2.13. The molecule has 0 aliphatic carbocycles. The van der Waals surface area contributed by atoms with Crippen molar-refractivity contribution in [2.75, 3.05) is 0 Å². The standard InChI is InChI=1S/C40H24N4/c1-2-7-25(8-3-1)33-23-31-11-6-20-41-39(31)40-32(33)15-19-37(44-40)36-18-14-29-22-28(12-16-34(29)42-36)35-17-13-30-21-26-9-4-5-10-27(26)24-38(30)43-35/h1-24H. The molecule has 0 saturated heterocycles. The van der Waals surface area contributed by atoms with Gasteiger partial charge in [0.15, 0.2) is 0 Å². The number of nitrogens with zero attached hydrogens (tertiary/aromatic N) is 4. The summed E-state index contributed by atoms with van der Waals surface area (Å²) in [4.78, 5) is 19.9. The van der Waals surface area contributed by atoms with Crippen LogP contribution in [0.15, 0.2) is 146 Å². The van der Waals surface area contributed by atoms with Gasteiger partial charge in [-0.15, -0.1) is 0 Å². The fourth-order valence-electron chi connectivity index (χ4n) is 6.22. The van der Waals surface area contributed by atoms with E-state index in [1.807, 2.05) is 18.3 Å². The summed E-state index contributed by atoms with van der Waals surface area (Å²) in [6, 6.07) is 48.5. The molecule has 0 fully saturated rings. The highest BCUT2D eigenvalue weighted by atomic mass is 14.8. The maximum atomic E-state index is 5.15. The van der Waals surface area contributed by atoms with Crippen LogP contribution < -0.4 is 0 Å². The Hall–Kier alpha value is -6.00. The third-order valence-corrected chi connectivity index (χ3v) is 8.44. The lowest BCUT2D eigenvalue weighted by atomic mass is 9.97. The highest BCUT2D eigenvalue weighted by Crippen LogP contribution is 2.35. The topological polar surface area (TPSA) is 51.6 Å². The monoisotopic (exact) mass is 560 g/mol. The van der Waals surface area contributed by atoms with Crippen molar-refractivity contribution in [3.8, 4) is 33.8 Å². The molecule has 4 aromatic heterocycles. The Morgan fingerprint density at radius 2 is 1.07 bits per heavy atom. The second-order valence-electron chi connectivity index (χ2n) is 11.2. The van der Waals surface area contributed by atoms with Crippen LogP contribution in [0.25, 0.3) is 88.2 Å². The van der Waals surface area contributed by atoms with Crippen LogP contribution in [0.3, 0.4) is 0 Å². The molecule has 9 rings (SSSR count). The molecule has 0 aliphatic rings. The molecule has 0 aliphatic heterocycles. The number of pyridine rings is 4. The van der Waals surface area contributed by atoms with Gasteiger partial charge in [0.05, 0.1) is 39.1 Å². The molecule has 0 amide bonds. The summed E-state index contributed by atoms with van der Waals surface area (Å²) in [5, 5.41) is 6.77. The van der Waals surface area contributed by atoms with E-state index in [2.05, 4.69) is 127 Å². The van der Waals surface area contributed by atoms with Gasteiger partial charge in [-0.05, 0) is 82.6 Å². The molecule has 44 heavy (non-hydrogen) atoms. The minimum Gasteiger partial charge on any atom is -0.254 e. The number of benzene rings is 5. The van der Waals surface area contributed by atoms with Crippen molar-refractivity contribution >= 4 is 54.4 Å². The van der Waals surface area contributed by atoms with Crippen LogP contribution in [0, 0.1) is 0 Å². The molecule has 5 aromatic carbocycles. The minimum atomic E-state index is 0.823. The average molecular weight is 561 g/mol. The zero-order valence-electron chi connectivity index (χ0n) is 23.6. The predicted octanol–water partition coefficient (Wildman–Crippen LogP) is 10.0. The van der Waals surface area contributed by atoms with Gasteiger partial charge in [0.1, 0.15) is 0 Å². The van der Waals surface area contributed by atoms with Crippen molar-refractivity contribution in [1.29, 1.82) is 0 Å². The van der Waals surface area contributed by atoms with E-state index in [0.717, 1.165) is 77.4 Å². The quantitative estimate of drug-likeness (QED) is 0.159. The number of rotatable bonds is 3. The summed E-state index contributed by atoms with van der Waals surface area (Å²) in [5.41, 5.74) is 9.66. The van der Waals surface area contributed by atoms with Crippen LogP contribution in [-0.2, 0) is 0 Å². The van der Waals surface area contributed by atoms with Crippen molar-refractivity contribution < 1.29 is 0 Å². The number of fused-ring (bicyclic) bond motifs is 6. The van der Waals surface area contributed by atoms with Crippen molar-refractivity contribution in [2.45, 2.75) is 0 Å². The van der Waals surface area contributed by atoms with Crippen molar-refractivity contribution in [3.05, 3.63) is 146 Å².